The fraction of sp³-hybridized carbons (Fsp3) is 0.588. The van der Waals surface area contributed by atoms with E-state index in [-0.39, 0.29) is 17.3 Å². The Balaban J connectivity index is 1.90. The zero-order valence-electron chi connectivity index (χ0n) is 13.9. The van der Waals surface area contributed by atoms with Crippen LogP contribution in [-0.2, 0) is 0 Å². The number of carbonyl (C=O) groups excluding carboxylic acids is 2. The van der Waals surface area contributed by atoms with Crippen molar-refractivity contribution in [3.05, 3.63) is 33.2 Å². The Labute approximate surface area is 135 Å². The van der Waals surface area contributed by atoms with Gasteiger partial charge in [0, 0.05) is 36.4 Å². The molecule has 2 aliphatic heterocycles. The number of hydrogen-bond donors (Lipinski definition) is 1. The van der Waals surface area contributed by atoms with Crippen LogP contribution < -0.4 is 5.56 Å². The van der Waals surface area contributed by atoms with Crippen molar-refractivity contribution in [1.29, 1.82) is 0 Å². The van der Waals surface area contributed by atoms with Crippen LogP contribution >= 0.6 is 0 Å². The van der Waals surface area contributed by atoms with Crippen molar-refractivity contribution >= 4 is 11.7 Å². The smallest absolute Gasteiger partial charge is 0.261 e. The molecule has 0 saturated carbocycles. The van der Waals surface area contributed by atoms with Crippen molar-refractivity contribution in [2.75, 3.05) is 20.1 Å². The summed E-state index contributed by atoms with van der Waals surface area (Å²) in [5.74, 6) is -0.419. The lowest BCUT2D eigenvalue weighted by atomic mass is 10.1. The van der Waals surface area contributed by atoms with Gasteiger partial charge in [0.1, 0.15) is 5.56 Å². The summed E-state index contributed by atoms with van der Waals surface area (Å²) in [6, 6.07) is 2.34. The largest absolute Gasteiger partial charge is 0.337 e. The van der Waals surface area contributed by atoms with Gasteiger partial charge >= 0.3 is 0 Å². The fourth-order valence-electron chi connectivity index (χ4n) is 3.81. The number of nitrogens with zero attached hydrogens (tertiary/aromatic N) is 2. The van der Waals surface area contributed by atoms with Gasteiger partial charge in [0.2, 0.25) is 0 Å². The highest BCUT2D eigenvalue weighted by molar-refractivity contribution is 5.99. The van der Waals surface area contributed by atoms with Crippen LogP contribution in [0.15, 0.2) is 10.9 Å². The van der Waals surface area contributed by atoms with Crippen LogP contribution in [0.25, 0.3) is 0 Å². The maximum Gasteiger partial charge on any atom is 0.261 e. The molecule has 2 aliphatic rings. The highest BCUT2D eigenvalue weighted by Crippen LogP contribution is 2.28. The predicted molar refractivity (Wildman–Crippen MR) is 86.9 cm³/mol. The number of likely N-dealkylation sites (N-methyl/N-ethyl adjacent to an activating group) is 1. The predicted octanol–water partition coefficient (Wildman–Crippen LogP) is 1.19. The van der Waals surface area contributed by atoms with Gasteiger partial charge in [-0.15, -0.1) is 0 Å². The first-order chi connectivity index (χ1) is 10.9. The highest BCUT2D eigenvalue weighted by atomic mass is 16.2. The minimum absolute atomic E-state index is 0.0706. The van der Waals surface area contributed by atoms with Crippen molar-refractivity contribution in [3.8, 4) is 0 Å². The maximum atomic E-state index is 12.8. The molecule has 1 aromatic rings. The molecule has 3 heterocycles. The van der Waals surface area contributed by atoms with E-state index in [4.69, 9.17) is 0 Å². The van der Waals surface area contributed by atoms with E-state index >= 15 is 0 Å². The number of pyridine rings is 1. The summed E-state index contributed by atoms with van der Waals surface area (Å²) in [6.45, 7) is 4.42. The number of Topliss-reactive ketones (excluding diaryl/α,β-unsaturated/α-hetero) is 1. The molecular formula is C17H23N3O3. The Morgan fingerprint density at radius 3 is 2.57 bits per heavy atom. The Kier molecular flexibility index (Phi) is 4.10. The summed E-state index contributed by atoms with van der Waals surface area (Å²) in [5.41, 5.74) is 0.566. The molecule has 0 spiro atoms. The normalized spacial score (nSPS) is 24.6. The molecule has 0 radical (unpaired) electrons. The van der Waals surface area contributed by atoms with Gasteiger partial charge in [-0.25, -0.2) is 0 Å². The third-order valence-electron chi connectivity index (χ3n) is 5.28. The molecule has 1 aromatic heterocycles. The van der Waals surface area contributed by atoms with E-state index in [1.165, 1.54) is 19.4 Å². The molecule has 1 amide bonds. The van der Waals surface area contributed by atoms with Crippen molar-refractivity contribution in [2.24, 2.45) is 0 Å². The van der Waals surface area contributed by atoms with E-state index < -0.39 is 5.56 Å². The maximum absolute atomic E-state index is 12.8. The molecule has 0 aromatic carbocycles. The number of aromatic amines is 1. The summed E-state index contributed by atoms with van der Waals surface area (Å²) < 4.78 is 0. The van der Waals surface area contributed by atoms with Crippen LogP contribution in [-0.4, -0.2) is 58.7 Å². The summed E-state index contributed by atoms with van der Waals surface area (Å²) in [6.07, 6.45) is 3.21. The molecule has 2 saturated heterocycles. The number of ketones is 1. The number of aromatic nitrogens is 1. The minimum atomic E-state index is -0.416. The average Bonchev–Trinajstić information content (AvgIpc) is 2.71. The van der Waals surface area contributed by atoms with E-state index in [0.29, 0.717) is 36.4 Å². The summed E-state index contributed by atoms with van der Waals surface area (Å²) >= 11 is 0. The molecule has 0 aliphatic carbocycles. The van der Waals surface area contributed by atoms with Gasteiger partial charge in [0.05, 0.1) is 0 Å². The van der Waals surface area contributed by atoms with Gasteiger partial charge in [0.15, 0.2) is 5.78 Å². The molecule has 0 unspecified atom stereocenters. The number of carbonyl (C=O) groups is 2. The molecule has 6 heteroatoms. The van der Waals surface area contributed by atoms with Gasteiger partial charge in [-0.2, -0.15) is 0 Å². The molecule has 2 bridgehead atoms. The molecule has 124 valence electrons. The summed E-state index contributed by atoms with van der Waals surface area (Å²) in [5, 5.41) is 0. The van der Waals surface area contributed by atoms with Gasteiger partial charge in [-0.1, -0.05) is 0 Å². The van der Waals surface area contributed by atoms with Crippen molar-refractivity contribution < 1.29 is 9.59 Å². The minimum Gasteiger partial charge on any atom is -0.337 e. The zero-order valence-corrected chi connectivity index (χ0v) is 13.9. The highest BCUT2D eigenvalue weighted by Gasteiger charge is 2.36. The SMILES string of the molecule is CC(=O)c1cc(C(=O)N2CC[C@H]3CC[C@@H](C2)N3C)c(=O)[nH]c1C. The first kappa shape index (κ1) is 15.9. The third-order valence-corrected chi connectivity index (χ3v) is 5.28. The van der Waals surface area contributed by atoms with Gasteiger partial charge < -0.3 is 9.88 Å². The first-order valence-electron chi connectivity index (χ1n) is 8.14. The van der Waals surface area contributed by atoms with Crippen LogP contribution in [0.3, 0.4) is 0 Å². The number of H-pyrrole nitrogens is 1. The molecular weight excluding hydrogens is 294 g/mol. The monoisotopic (exact) mass is 317 g/mol. The second-order valence-corrected chi connectivity index (χ2v) is 6.70. The summed E-state index contributed by atoms with van der Waals surface area (Å²) in [7, 11) is 2.11. The van der Waals surface area contributed by atoms with Crippen molar-refractivity contribution in [1.82, 2.24) is 14.8 Å². The quantitative estimate of drug-likeness (QED) is 0.832. The molecule has 3 rings (SSSR count). The van der Waals surface area contributed by atoms with Crippen LogP contribution in [0.1, 0.15) is 52.6 Å². The topological polar surface area (TPSA) is 73.5 Å². The standard InChI is InChI=1S/C17H23N3O3/c1-10-14(11(2)21)8-15(16(22)18-10)17(23)20-7-6-12-4-5-13(9-20)19(12)3/h8,12-13H,4-7,9H2,1-3H3,(H,18,22)/t12-,13+/m1/s1. The average molecular weight is 317 g/mol. The van der Waals surface area contributed by atoms with E-state index in [2.05, 4.69) is 16.9 Å². The molecule has 6 nitrogen and oxygen atoms in total. The van der Waals surface area contributed by atoms with Crippen LogP contribution in [0, 0.1) is 6.92 Å². The molecule has 23 heavy (non-hydrogen) atoms. The Morgan fingerprint density at radius 1 is 1.17 bits per heavy atom. The lowest BCUT2D eigenvalue weighted by molar-refractivity contribution is 0.0738. The van der Waals surface area contributed by atoms with Gasteiger partial charge in [-0.05, 0) is 46.2 Å². The Bertz CT molecular complexity index is 710. The van der Waals surface area contributed by atoms with E-state index in [0.717, 1.165) is 12.8 Å². The zero-order chi connectivity index (χ0) is 16.7. The lowest BCUT2D eigenvalue weighted by Crippen LogP contribution is -2.41. The van der Waals surface area contributed by atoms with Crippen LogP contribution in [0.4, 0.5) is 0 Å². The number of nitrogens with one attached hydrogen (secondary N) is 1. The lowest BCUT2D eigenvalue weighted by Gasteiger charge is -2.25. The molecule has 2 fully saturated rings. The fourth-order valence-corrected chi connectivity index (χ4v) is 3.81. The third kappa shape index (κ3) is 2.83. The van der Waals surface area contributed by atoms with Crippen LogP contribution in [0.5, 0.6) is 0 Å². The second-order valence-electron chi connectivity index (χ2n) is 6.70. The number of rotatable bonds is 2. The van der Waals surface area contributed by atoms with Crippen molar-refractivity contribution in [3.63, 3.8) is 0 Å². The number of hydrogen-bond acceptors (Lipinski definition) is 4. The van der Waals surface area contributed by atoms with E-state index in [1.54, 1.807) is 11.8 Å². The van der Waals surface area contributed by atoms with E-state index in [9.17, 15) is 14.4 Å². The van der Waals surface area contributed by atoms with Gasteiger partial charge in [-0.3, -0.25) is 19.3 Å². The van der Waals surface area contributed by atoms with E-state index in [1.807, 2.05) is 0 Å². The first-order valence-corrected chi connectivity index (χ1v) is 8.14. The molecule has 1 N–H and O–H groups in total. The second kappa shape index (κ2) is 5.92. The number of aryl methyl sites for hydroxylation is 1. The number of amides is 1. The molecule has 2 atom stereocenters. The van der Waals surface area contributed by atoms with Gasteiger partial charge in [0.25, 0.3) is 11.5 Å². The Hall–Kier alpha value is -1.95. The summed E-state index contributed by atoms with van der Waals surface area (Å²) in [4.78, 5) is 43.4. The van der Waals surface area contributed by atoms with Crippen molar-refractivity contribution in [2.45, 2.75) is 45.2 Å². The Morgan fingerprint density at radius 2 is 1.87 bits per heavy atom. The van der Waals surface area contributed by atoms with Crippen LogP contribution in [0.2, 0.25) is 0 Å². The number of likely N-dealkylation sites (tertiary alicyclic amines) is 1. The number of fused-ring (bicyclic) bond motifs is 2.